The van der Waals surface area contributed by atoms with E-state index < -0.39 is 29.1 Å². The van der Waals surface area contributed by atoms with Crippen molar-refractivity contribution in [2.24, 2.45) is 5.73 Å². The van der Waals surface area contributed by atoms with Gasteiger partial charge in [-0.3, -0.25) is 9.59 Å². The molecule has 10 heteroatoms. The number of nitrogens with two attached hydrogens (primary N) is 1. The van der Waals surface area contributed by atoms with E-state index in [0.29, 0.717) is 15.4 Å². The molecule has 33 heavy (non-hydrogen) atoms. The van der Waals surface area contributed by atoms with Gasteiger partial charge < -0.3 is 21.5 Å². The molecular formula is C23H22F2N4O3S. The zero-order chi connectivity index (χ0) is 24.3. The van der Waals surface area contributed by atoms with E-state index in [-0.39, 0.29) is 29.2 Å². The van der Waals surface area contributed by atoms with Crippen LogP contribution in [0.1, 0.15) is 40.3 Å². The zero-order valence-electron chi connectivity index (χ0n) is 17.9. The average Bonchev–Trinajstić information content (AvgIpc) is 3.15. The minimum Gasteiger partial charge on any atom is -0.386 e. The number of carbonyl (C=O) groups excluding carboxylic acids is 2. The maximum atomic E-state index is 14.8. The average molecular weight is 473 g/mol. The summed E-state index contributed by atoms with van der Waals surface area (Å²) < 4.78 is 27.6. The van der Waals surface area contributed by atoms with Crippen LogP contribution in [0.15, 0.2) is 54.9 Å². The van der Waals surface area contributed by atoms with Crippen molar-refractivity contribution in [3.63, 3.8) is 0 Å². The summed E-state index contributed by atoms with van der Waals surface area (Å²) in [5, 5.41) is 15.7. The lowest BCUT2D eigenvalue weighted by Gasteiger charge is -2.18. The SMILES string of the molecule is C=C(F)CNC(=O)c1cccc(Nc2sc(-c3ccc(C(C)(C)O)cc3F)cc2C(N)=O)n1. The van der Waals surface area contributed by atoms with Gasteiger partial charge in [0.1, 0.15) is 28.2 Å². The number of benzene rings is 1. The number of carbonyl (C=O) groups is 2. The van der Waals surface area contributed by atoms with Crippen LogP contribution in [0.2, 0.25) is 0 Å². The molecule has 3 aromatic rings. The Balaban J connectivity index is 1.91. The number of primary amides is 1. The third-order valence-corrected chi connectivity index (χ3v) is 5.69. The molecule has 172 valence electrons. The molecule has 0 saturated heterocycles. The zero-order valence-corrected chi connectivity index (χ0v) is 18.7. The van der Waals surface area contributed by atoms with Gasteiger partial charge in [0.2, 0.25) is 0 Å². The van der Waals surface area contributed by atoms with E-state index in [4.69, 9.17) is 5.73 Å². The maximum absolute atomic E-state index is 14.8. The Kier molecular flexibility index (Phi) is 6.89. The quantitative estimate of drug-likeness (QED) is 0.391. The van der Waals surface area contributed by atoms with Crippen LogP contribution in [-0.4, -0.2) is 28.4 Å². The Morgan fingerprint density at radius 1 is 1.24 bits per heavy atom. The topological polar surface area (TPSA) is 117 Å². The maximum Gasteiger partial charge on any atom is 0.270 e. The van der Waals surface area contributed by atoms with Gasteiger partial charge >= 0.3 is 0 Å². The second-order valence-electron chi connectivity index (χ2n) is 7.70. The number of aliphatic hydroxyl groups is 1. The second-order valence-corrected chi connectivity index (χ2v) is 8.76. The summed E-state index contributed by atoms with van der Waals surface area (Å²) in [6.45, 7) is 5.84. The number of nitrogens with zero attached hydrogens (tertiary/aromatic N) is 1. The number of aromatic nitrogens is 1. The smallest absolute Gasteiger partial charge is 0.270 e. The number of hydrogen-bond donors (Lipinski definition) is 4. The molecule has 5 N–H and O–H groups in total. The largest absolute Gasteiger partial charge is 0.386 e. The third kappa shape index (κ3) is 5.79. The number of anilines is 2. The molecule has 0 aliphatic heterocycles. The molecule has 0 spiro atoms. The molecule has 0 saturated carbocycles. The predicted octanol–water partition coefficient (Wildman–Crippen LogP) is 4.23. The van der Waals surface area contributed by atoms with Gasteiger partial charge in [-0.05, 0) is 43.7 Å². The molecule has 0 atom stereocenters. The fourth-order valence-corrected chi connectivity index (χ4v) is 4.01. The highest BCUT2D eigenvalue weighted by Gasteiger charge is 2.21. The Labute approximate surface area is 193 Å². The van der Waals surface area contributed by atoms with Crippen molar-refractivity contribution < 1.29 is 23.5 Å². The van der Waals surface area contributed by atoms with Crippen molar-refractivity contribution in [1.82, 2.24) is 10.3 Å². The van der Waals surface area contributed by atoms with Crippen molar-refractivity contribution in [3.05, 3.63) is 77.5 Å². The lowest BCUT2D eigenvalue weighted by Crippen LogP contribution is -2.25. The highest BCUT2D eigenvalue weighted by Crippen LogP contribution is 2.38. The van der Waals surface area contributed by atoms with Crippen molar-refractivity contribution in [1.29, 1.82) is 0 Å². The number of nitrogens with one attached hydrogen (secondary N) is 2. The van der Waals surface area contributed by atoms with Crippen LogP contribution in [-0.2, 0) is 5.60 Å². The summed E-state index contributed by atoms with van der Waals surface area (Å²) in [4.78, 5) is 28.7. The molecule has 0 aliphatic carbocycles. The summed E-state index contributed by atoms with van der Waals surface area (Å²) in [6, 6.07) is 10.4. The molecule has 0 fully saturated rings. The Hall–Kier alpha value is -3.63. The molecule has 3 rings (SSSR count). The molecule has 0 radical (unpaired) electrons. The Bertz CT molecular complexity index is 1230. The molecular weight excluding hydrogens is 450 g/mol. The first-order valence-corrected chi connectivity index (χ1v) is 10.6. The molecule has 0 aliphatic rings. The van der Waals surface area contributed by atoms with Gasteiger partial charge in [-0.25, -0.2) is 13.8 Å². The van der Waals surface area contributed by atoms with E-state index in [1.54, 1.807) is 32.0 Å². The van der Waals surface area contributed by atoms with Crippen LogP contribution in [0, 0.1) is 5.82 Å². The van der Waals surface area contributed by atoms with Gasteiger partial charge in [0.05, 0.1) is 17.7 Å². The summed E-state index contributed by atoms with van der Waals surface area (Å²) in [5.74, 6) is -2.37. The van der Waals surface area contributed by atoms with E-state index >= 15 is 0 Å². The summed E-state index contributed by atoms with van der Waals surface area (Å²) in [6.07, 6.45) is 0. The van der Waals surface area contributed by atoms with Crippen LogP contribution in [0.4, 0.5) is 19.6 Å². The number of amides is 2. The van der Waals surface area contributed by atoms with Crippen LogP contribution in [0.3, 0.4) is 0 Å². The number of pyridine rings is 1. The predicted molar refractivity (Wildman–Crippen MR) is 124 cm³/mol. The van der Waals surface area contributed by atoms with E-state index in [2.05, 4.69) is 22.2 Å². The first-order chi connectivity index (χ1) is 15.5. The van der Waals surface area contributed by atoms with E-state index in [0.717, 1.165) is 11.3 Å². The highest BCUT2D eigenvalue weighted by atomic mass is 32.1. The fraction of sp³-hybridized carbons (Fsp3) is 0.174. The third-order valence-electron chi connectivity index (χ3n) is 4.60. The van der Waals surface area contributed by atoms with Gasteiger partial charge in [0, 0.05) is 10.4 Å². The van der Waals surface area contributed by atoms with Crippen molar-refractivity contribution in [2.45, 2.75) is 19.4 Å². The summed E-state index contributed by atoms with van der Waals surface area (Å²) in [5.41, 5.74) is 5.07. The molecule has 2 amide bonds. The lowest BCUT2D eigenvalue weighted by molar-refractivity contribution is 0.0782. The van der Waals surface area contributed by atoms with Gasteiger partial charge in [-0.1, -0.05) is 24.8 Å². The number of thiophene rings is 1. The van der Waals surface area contributed by atoms with E-state index in [1.807, 2.05) is 0 Å². The van der Waals surface area contributed by atoms with Crippen molar-refractivity contribution >= 4 is 34.0 Å². The van der Waals surface area contributed by atoms with E-state index in [9.17, 15) is 23.5 Å². The van der Waals surface area contributed by atoms with Crippen LogP contribution in [0.5, 0.6) is 0 Å². The molecule has 1 aromatic carbocycles. The number of halogens is 2. The van der Waals surface area contributed by atoms with Crippen molar-refractivity contribution in [3.8, 4) is 10.4 Å². The van der Waals surface area contributed by atoms with Crippen molar-refractivity contribution in [2.75, 3.05) is 11.9 Å². The standard InChI is InChI=1S/C23H22F2N4O3S/c1-12(24)11-27-21(31)17-5-4-6-19(28-17)29-22-15(20(26)30)10-18(33-22)14-8-7-13(9-16(14)25)23(2,3)32/h4-10,32H,1,11H2,2-3H3,(H2,26,30)(H,27,31)(H,28,29). The molecule has 0 bridgehead atoms. The Morgan fingerprint density at radius 2 is 1.97 bits per heavy atom. The Morgan fingerprint density at radius 3 is 2.58 bits per heavy atom. The van der Waals surface area contributed by atoms with Crippen LogP contribution in [0.25, 0.3) is 10.4 Å². The monoisotopic (exact) mass is 472 g/mol. The van der Waals surface area contributed by atoms with Gasteiger partial charge in [0.15, 0.2) is 0 Å². The second kappa shape index (κ2) is 9.47. The van der Waals surface area contributed by atoms with Crippen LogP contribution < -0.4 is 16.4 Å². The van der Waals surface area contributed by atoms with Gasteiger partial charge in [-0.15, -0.1) is 11.3 Å². The van der Waals surface area contributed by atoms with Gasteiger partial charge in [-0.2, -0.15) is 0 Å². The molecule has 0 unspecified atom stereocenters. The minimum atomic E-state index is -1.21. The first kappa shape index (κ1) is 24.0. The summed E-state index contributed by atoms with van der Waals surface area (Å²) >= 11 is 1.08. The highest BCUT2D eigenvalue weighted by molar-refractivity contribution is 7.19. The van der Waals surface area contributed by atoms with Gasteiger partial charge in [0.25, 0.3) is 11.8 Å². The number of hydrogen-bond acceptors (Lipinski definition) is 6. The lowest BCUT2D eigenvalue weighted by atomic mass is 9.96. The normalized spacial score (nSPS) is 11.2. The fourth-order valence-electron chi connectivity index (χ4n) is 2.91. The molecule has 2 heterocycles. The summed E-state index contributed by atoms with van der Waals surface area (Å²) in [7, 11) is 0. The number of rotatable bonds is 8. The minimum absolute atomic E-state index is 0.0203. The molecule has 7 nitrogen and oxygen atoms in total. The van der Waals surface area contributed by atoms with Crippen LogP contribution >= 0.6 is 11.3 Å². The first-order valence-electron chi connectivity index (χ1n) is 9.77. The van der Waals surface area contributed by atoms with E-state index in [1.165, 1.54) is 24.3 Å². The molecule has 2 aromatic heterocycles.